The molecule has 2 aromatic carbocycles. The number of sulfone groups is 1. The molecular formula is C23H25FN2O4S2. The normalized spacial score (nSPS) is 13.2. The van der Waals surface area contributed by atoms with Gasteiger partial charge in [0.05, 0.1) is 10.6 Å². The largest absolute Gasteiger partial charge is 0.264 e. The first kappa shape index (κ1) is 24.0. The maximum atomic E-state index is 13.4. The predicted molar refractivity (Wildman–Crippen MR) is 122 cm³/mol. The van der Waals surface area contributed by atoms with Crippen LogP contribution < -0.4 is 4.72 Å². The van der Waals surface area contributed by atoms with Gasteiger partial charge in [0, 0.05) is 18.9 Å². The number of hydrogen-bond donors (Lipinski definition) is 1. The highest BCUT2D eigenvalue weighted by Gasteiger charge is 2.31. The van der Waals surface area contributed by atoms with Gasteiger partial charge in [0.2, 0.25) is 10.0 Å². The molecule has 0 amide bonds. The lowest BCUT2D eigenvalue weighted by Crippen LogP contribution is -2.32. The number of nitrogens with zero attached hydrogens (tertiary/aromatic N) is 1. The summed E-state index contributed by atoms with van der Waals surface area (Å²) in [4.78, 5) is 4.10. The van der Waals surface area contributed by atoms with E-state index in [9.17, 15) is 21.2 Å². The Hall–Kier alpha value is -2.62. The van der Waals surface area contributed by atoms with Crippen LogP contribution in [0.25, 0.3) is 0 Å². The third kappa shape index (κ3) is 5.99. The van der Waals surface area contributed by atoms with E-state index >= 15 is 0 Å². The number of nitrogens with one attached hydrogen (secondary N) is 1. The monoisotopic (exact) mass is 476 g/mol. The van der Waals surface area contributed by atoms with Crippen molar-refractivity contribution in [2.75, 3.05) is 6.54 Å². The molecule has 3 aromatic rings. The number of aromatic nitrogens is 1. The van der Waals surface area contributed by atoms with Gasteiger partial charge in [-0.3, -0.25) is 4.98 Å². The maximum Gasteiger partial charge on any atom is 0.215 e. The standard InChI is InChI=1S/C23H25FN2O4S2/c1-17(2)19-7-11-22(12-8-19)32(29,30)23(20-4-3-13-25-14-20)15-26-31(27,28)16-18-5-9-21(24)10-6-18/h3-14,17,23,26H,15-16H2,1-2H3. The van der Waals surface area contributed by atoms with Gasteiger partial charge in [0.1, 0.15) is 11.1 Å². The molecule has 0 fully saturated rings. The van der Waals surface area contributed by atoms with Gasteiger partial charge in [-0.15, -0.1) is 0 Å². The third-order valence-corrected chi connectivity index (χ3v) is 8.50. The summed E-state index contributed by atoms with van der Waals surface area (Å²) in [6.07, 6.45) is 2.93. The molecule has 1 unspecified atom stereocenters. The average molecular weight is 477 g/mol. The van der Waals surface area contributed by atoms with Crippen LogP contribution in [0.15, 0.2) is 78.0 Å². The first-order chi connectivity index (χ1) is 15.1. The molecule has 6 nitrogen and oxygen atoms in total. The van der Waals surface area contributed by atoms with Crippen LogP contribution in [0.3, 0.4) is 0 Å². The number of pyridine rings is 1. The lowest BCUT2D eigenvalue weighted by molar-refractivity contribution is 0.568. The van der Waals surface area contributed by atoms with E-state index in [1.807, 2.05) is 13.8 Å². The zero-order valence-corrected chi connectivity index (χ0v) is 19.4. The van der Waals surface area contributed by atoms with Gasteiger partial charge in [0.25, 0.3) is 0 Å². The van der Waals surface area contributed by atoms with Crippen LogP contribution in [-0.4, -0.2) is 28.4 Å². The van der Waals surface area contributed by atoms with Crippen molar-refractivity contribution in [1.82, 2.24) is 9.71 Å². The molecule has 0 bridgehead atoms. The molecule has 32 heavy (non-hydrogen) atoms. The lowest BCUT2D eigenvalue weighted by Gasteiger charge is -2.19. The second kappa shape index (κ2) is 9.89. The summed E-state index contributed by atoms with van der Waals surface area (Å²) in [5.74, 6) is -0.611. The van der Waals surface area contributed by atoms with Crippen molar-refractivity contribution in [3.05, 3.63) is 95.6 Å². The smallest absolute Gasteiger partial charge is 0.215 e. The Morgan fingerprint density at radius 1 is 0.906 bits per heavy atom. The van der Waals surface area contributed by atoms with Crippen LogP contribution in [0.4, 0.5) is 4.39 Å². The zero-order chi connectivity index (χ0) is 23.4. The van der Waals surface area contributed by atoms with Crippen molar-refractivity contribution >= 4 is 19.9 Å². The Morgan fingerprint density at radius 3 is 2.12 bits per heavy atom. The Labute approximate surface area is 188 Å². The summed E-state index contributed by atoms with van der Waals surface area (Å²) in [5, 5.41) is -1.16. The molecule has 1 atom stereocenters. The van der Waals surface area contributed by atoms with Crippen molar-refractivity contribution in [3.63, 3.8) is 0 Å². The van der Waals surface area contributed by atoms with Gasteiger partial charge in [0.15, 0.2) is 9.84 Å². The fourth-order valence-electron chi connectivity index (χ4n) is 3.23. The number of sulfonamides is 1. The van der Waals surface area contributed by atoms with Gasteiger partial charge >= 0.3 is 0 Å². The summed E-state index contributed by atoms with van der Waals surface area (Å²) < 4.78 is 67.5. The van der Waals surface area contributed by atoms with Crippen molar-refractivity contribution in [3.8, 4) is 0 Å². The number of halogens is 1. The number of benzene rings is 2. The van der Waals surface area contributed by atoms with Crippen molar-refractivity contribution in [2.45, 2.75) is 35.7 Å². The molecule has 0 saturated carbocycles. The summed E-state index contributed by atoms with van der Waals surface area (Å²) in [6.45, 7) is 3.67. The quantitative estimate of drug-likeness (QED) is 0.504. The van der Waals surface area contributed by atoms with Crippen LogP contribution in [0.1, 0.15) is 41.7 Å². The fourth-order valence-corrected chi connectivity index (χ4v) is 6.14. The summed E-state index contributed by atoms with van der Waals surface area (Å²) in [5.41, 5.74) is 1.77. The summed E-state index contributed by atoms with van der Waals surface area (Å²) >= 11 is 0. The van der Waals surface area contributed by atoms with Gasteiger partial charge in [-0.1, -0.05) is 44.2 Å². The van der Waals surface area contributed by atoms with Crippen molar-refractivity contribution in [2.24, 2.45) is 0 Å². The van der Waals surface area contributed by atoms with E-state index in [1.165, 1.54) is 36.7 Å². The minimum atomic E-state index is -3.91. The minimum absolute atomic E-state index is 0.105. The molecule has 3 rings (SSSR count). The average Bonchev–Trinajstić information content (AvgIpc) is 2.76. The Bertz CT molecular complexity index is 1240. The Balaban J connectivity index is 1.87. The van der Waals surface area contributed by atoms with E-state index in [1.54, 1.807) is 36.4 Å². The minimum Gasteiger partial charge on any atom is -0.264 e. The number of hydrogen-bond acceptors (Lipinski definition) is 5. The molecule has 1 aromatic heterocycles. The molecule has 0 aliphatic carbocycles. The van der Waals surface area contributed by atoms with E-state index in [0.717, 1.165) is 5.56 Å². The molecule has 0 radical (unpaired) electrons. The Kier molecular flexibility index (Phi) is 7.43. The van der Waals surface area contributed by atoms with Crippen LogP contribution >= 0.6 is 0 Å². The molecule has 9 heteroatoms. The maximum absolute atomic E-state index is 13.4. The molecule has 0 aliphatic rings. The second-order valence-electron chi connectivity index (χ2n) is 7.78. The van der Waals surface area contributed by atoms with Crippen LogP contribution in [0, 0.1) is 5.82 Å². The zero-order valence-electron chi connectivity index (χ0n) is 17.8. The van der Waals surface area contributed by atoms with Gasteiger partial charge < -0.3 is 0 Å². The molecule has 0 saturated heterocycles. The highest BCUT2D eigenvalue weighted by molar-refractivity contribution is 7.92. The highest BCUT2D eigenvalue weighted by Crippen LogP contribution is 2.29. The molecule has 1 heterocycles. The van der Waals surface area contributed by atoms with E-state index in [4.69, 9.17) is 0 Å². The third-order valence-electron chi connectivity index (χ3n) is 5.06. The topological polar surface area (TPSA) is 93.2 Å². The SMILES string of the molecule is CC(C)c1ccc(S(=O)(=O)C(CNS(=O)(=O)Cc2ccc(F)cc2)c2cccnc2)cc1. The molecule has 0 spiro atoms. The molecule has 1 N–H and O–H groups in total. The first-order valence-corrected chi connectivity index (χ1v) is 13.2. The second-order valence-corrected chi connectivity index (χ2v) is 11.7. The Morgan fingerprint density at radius 2 is 1.56 bits per heavy atom. The highest BCUT2D eigenvalue weighted by atomic mass is 32.2. The fraction of sp³-hybridized carbons (Fsp3) is 0.261. The number of rotatable bonds is 9. The van der Waals surface area contributed by atoms with Crippen LogP contribution in [0.5, 0.6) is 0 Å². The van der Waals surface area contributed by atoms with Gasteiger partial charge in [-0.05, 0) is 52.9 Å². The van der Waals surface area contributed by atoms with E-state index in [0.29, 0.717) is 11.1 Å². The predicted octanol–water partition coefficient (Wildman–Crippen LogP) is 3.98. The lowest BCUT2D eigenvalue weighted by atomic mass is 10.0. The summed E-state index contributed by atoms with van der Waals surface area (Å²) in [6, 6.07) is 14.9. The van der Waals surface area contributed by atoms with Crippen molar-refractivity contribution in [1.29, 1.82) is 0 Å². The molecule has 0 aliphatic heterocycles. The van der Waals surface area contributed by atoms with E-state index in [2.05, 4.69) is 9.71 Å². The van der Waals surface area contributed by atoms with Crippen molar-refractivity contribution < 1.29 is 21.2 Å². The molecule has 170 valence electrons. The summed E-state index contributed by atoms with van der Waals surface area (Å²) in [7, 11) is -7.78. The molecular weight excluding hydrogens is 451 g/mol. The first-order valence-electron chi connectivity index (χ1n) is 10.0. The van der Waals surface area contributed by atoms with E-state index in [-0.39, 0.29) is 17.4 Å². The van der Waals surface area contributed by atoms with E-state index < -0.39 is 36.7 Å². The van der Waals surface area contributed by atoms with Gasteiger partial charge in [-0.25, -0.2) is 25.9 Å². The van der Waals surface area contributed by atoms with Crippen LogP contribution in [-0.2, 0) is 25.6 Å². The van der Waals surface area contributed by atoms with Crippen LogP contribution in [0.2, 0.25) is 0 Å². The van der Waals surface area contributed by atoms with Gasteiger partial charge in [-0.2, -0.15) is 0 Å².